The number of benzene rings is 3. The number of fused-ring (bicyclic) bond motifs is 3. The van der Waals surface area contributed by atoms with Gasteiger partial charge in [0.1, 0.15) is 17.2 Å². The summed E-state index contributed by atoms with van der Waals surface area (Å²) in [4.78, 5) is 12.6. The van der Waals surface area contributed by atoms with Gasteiger partial charge in [-0.3, -0.25) is 4.79 Å². The largest absolute Gasteiger partial charge is 0.474 e. The molecule has 0 bridgehead atoms. The van der Waals surface area contributed by atoms with Gasteiger partial charge in [0.15, 0.2) is 0 Å². The number of hydrogen-bond donors (Lipinski definition) is 1. The normalized spacial score (nSPS) is 17.3. The fraction of sp³-hybridized carbons (Fsp3) is 0.0952. The summed E-state index contributed by atoms with van der Waals surface area (Å²) in [5.41, 5.74) is 3.66. The first-order chi connectivity index (χ1) is 12.3. The van der Waals surface area contributed by atoms with E-state index in [1.165, 1.54) is 0 Å². The zero-order valence-corrected chi connectivity index (χ0v) is 13.4. The Morgan fingerprint density at radius 1 is 0.840 bits per heavy atom. The van der Waals surface area contributed by atoms with E-state index in [2.05, 4.69) is 5.32 Å². The van der Waals surface area contributed by atoms with Crippen LogP contribution in [0.3, 0.4) is 0 Å². The molecule has 0 fully saturated rings. The van der Waals surface area contributed by atoms with Crippen molar-refractivity contribution in [3.63, 3.8) is 0 Å². The van der Waals surface area contributed by atoms with Crippen LogP contribution in [0.25, 0.3) is 0 Å². The average molecular weight is 329 g/mol. The summed E-state index contributed by atoms with van der Waals surface area (Å²) >= 11 is 0. The molecule has 3 aromatic carbocycles. The van der Waals surface area contributed by atoms with E-state index in [0.717, 1.165) is 34.6 Å². The van der Waals surface area contributed by atoms with Gasteiger partial charge in [-0.05, 0) is 29.8 Å². The zero-order chi connectivity index (χ0) is 16.8. The van der Waals surface area contributed by atoms with Crippen LogP contribution >= 0.6 is 0 Å². The van der Waals surface area contributed by atoms with Gasteiger partial charge in [-0.25, -0.2) is 0 Å². The first kappa shape index (κ1) is 14.1. The summed E-state index contributed by atoms with van der Waals surface area (Å²) in [6, 6.07) is 21.2. The second kappa shape index (κ2) is 5.38. The fourth-order valence-corrected chi connectivity index (χ4v) is 3.43. The SMILES string of the molecule is O=C1Nc2ccccc2OC1c1cccc2c1Cc1ccccc1O2. The van der Waals surface area contributed by atoms with Crippen LogP contribution in [0.4, 0.5) is 5.69 Å². The van der Waals surface area contributed by atoms with Gasteiger partial charge in [-0.1, -0.05) is 42.5 Å². The summed E-state index contributed by atoms with van der Waals surface area (Å²) in [6.07, 6.45) is 0.0370. The van der Waals surface area contributed by atoms with E-state index >= 15 is 0 Å². The molecule has 0 saturated heterocycles. The number of hydrogen-bond acceptors (Lipinski definition) is 3. The molecule has 1 amide bonds. The van der Waals surface area contributed by atoms with Gasteiger partial charge in [0.2, 0.25) is 6.10 Å². The van der Waals surface area contributed by atoms with E-state index in [1.807, 2.05) is 66.7 Å². The fourth-order valence-electron chi connectivity index (χ4n) is 3.43. The van der Waals surface area contributed by atoms with Crippen LogP contribution in [0.2, 0.25) is 0 Å². The Morgan fingerprint density at radius 3 is 2.52 bits per heavy atom. The smallest absolute Gasteiger partial charge is 0.270 e. The molecule has 0 radical (unpaired) electrons. The summed E-state index contributed by atoms with van der Waals surface area (Å²) < 4.78 is 12.0. The Hall–Kier alpha value is -3.27. The number of ether oxygens (including phenoxy) is 2. The molecule has 3 aromatic rings. The lowest BCUT2D eigenvalue weighted by Crippen LogP contribution is -2.31. The third-order valence-corrected chi connectivity index (χ3v) is 4.64. The molecular weight excluding hydrogens is 314 g/mol. The van der Waals surface area contributed by atoms with E-state index in [4.69, 9.17) is 9.47 Å². The Kier molecular flexibility index (Phi) is 3.04. The number of carbonyl (C=O) groups excluding carboxylic acids is 1. The molecule has 122 valence electrons. The molecule has 2 heterocycles. The molecule has 1 unspecified atom stereocenters. The zero-order valence-electron chi connectivity index (χ0n) is 13.4. The minimum atomic E-state index is -0.682. The van der Waals surface area contributed by atoms with Gasteiger partial charge in [0.05, 0.1) is 5.69 Å². The minimum Gasteiger partial charge on any atom is -0.474 e. The topological polar surface area (TPSA) is 47.6 Å². The van der Waals surface area contributed by atoms with Gasteiger partial charge in [-0.15, -0.1) is 0 Å². The van der Waals surface area contributed by atoms with Crippen molar-refractivity contribution in [3.05, 3.63) is 83.4 Å². The summed E-state index contributed by atoms with van der Waals surface area (Å²) in [7, 11) is 0. The highest BCUT2D eigenvalue weighted by Gasteiger charge is 2.32. The van der Waals surface area contributed by atoms with Crippen molar-refractivity contribution in [1.82, 2.24) is 0 Å². The molecule has 4 nitrogen and oxygen atoms in total. The van der Waals surface area contributed by atoms with Crippen molar-refractivity contribution >= 4 is 11.6 Å². The van der Waals surface area contributed by atoms with Gasteiger partial charge in [0.25, 0.3) is 5.91 Å². The van der Waals surface area contributed by atoms with Crippen LogP contribution in [-0.2, 0) is 11.2 Å². The first-order valence-electron chi connectivity index (χ1n) is 8.24. The van der Waals surface area contributed by atoms with Crippen LogP contribution in [-0.4, -0.2) is 5.91 Å². The monoisotopic (exact) mass is 329 g/mol. The lowest BCUT2D eigenvalue weighted by Gasteiger charge is -2.29. The standard InChI is InChI=1S/C21H15NO3/c23-21-20(25-19-10-4-2-8-16(19)22-21)14-7-5-11-18-15(14)12-13-6-1-3-9-17(13)24-18/h1-11,20H,12H2,(H,22,23). The molecule has 0 spiro atoms. The lowest BCUT2D eigenvalue weighted by molar-refractivity contribution is -0.123. The van der Waals surface area contributed by atoms with E-state index in [-0.39, 0.29) is 5.91 Å². The molecule has 1 N–H and O–H groups in total. The number of amides is 1. The molecule has 0 saturated carbocycles. The third-order valence-electron chi connectivity index (χ3n) is 4.64. The van der Waals surface area contributed by atoms with Crippen LogP contribution in [0.5, 0.6) is 17.2 Å². The van der Waals surface area contributed by atoms with Crippen molar-refractivity contribution < 1.29 is 14.3 Å². The molecule has 2 aliphatic heterocycles. The molecule has 2 aliphatic rings. The minimum absolute atomic E-state index is 0.161. The van der Waals surface area contributed by atoms with E-state index < -0.39 is 6.10 Å². The maximum Gasteiger partial charge on any atom is 0.270 e. The van der Waals surface area contributed by atoms with Crippen LogP contribution in [0, 0.1) is 0 Å². The summed E-state index contributed by atoms with van der Waals surface area (Å²) in [5, 5.41) is 2.93. The molecule has 0 aliphatic carbocycles. The predicted octanol–water partition coefficient (Wildman–Crippen LogP) is 4.46. The molecule has 25 heavy (non-hydrogen) atoms. The van der Waals surface area contributed by atoms with Crippen LogP contribution in [0.1, 0.15) is 22.8 Å². The van der Waals surface area contributed by atoms with Gasteiger partial charge >= 0.3 is 0 Å². The van der Waals surface area contributed by atoms with Gasteiger partial charge in [0, 0.05) is 17.5 Å². The summed E-state index contributed by atoms with van der Waals surface area (Å²) in [6.45, 7) is 0. The van der Waals surface area contributed by atoms with Crippen molar-refractivity contribution in [1.29, 1.82) is 0 Å². The van der Waals surface area contributed by atoms with E-state index in [0.29, 0.717) is 11.4 Å². The average Bonchev–Trinajstić information content (AvgIpc) is 2.65. The van der Waals surface area contributed by atoms with E-state index in [1.54, 1.807) is 0 Å². The number of nitrogens with one attached hydrogen (secondary N) is 1. The van der Waals surface area contributed by atoms with E-state index in [9.17, 15) is 4.79 Å². The summed E-state index contributed by atoms with van der Waals surface area (Å²) in [5.74, 6) is 2.17. The van der Waals surface area contributed by atoms with Crippen molar-refractivity contribution in [2.24, 2.45) is 0 Å². The molecular formula is C21H15NO3. The molecule has 4 heteroatoms. The Labute approximate surface area is 145 Å². The Morgan fingerprint density at radius 2 is 1.60 bits per heavy atom. The Bertz CT molecular complexity index is 996. The van der Waals surface area contributed by atoms with Crippen molar-refractivity contribution in [2.75, 3.05) is 5.32 Å². The highest BCUT2D eigenvalue weighted by atomic mass is 16.5. The highest BCUT2D eigenvalue weighted by Crippen LogP contribution is 2.42. The third kappa shape index (κ3) is 2.26. The quantitative estimate of drug-likeness (QED) is 0.561. The first-order valence-corrected chi connectivity index (χ1v) is 8.24. The Balaban J connectivity index is 1.58. The second-order valence-electron chi connectivity index (χ2n) is 6.19. The predicted molar refractivity (Wildman–Crippen MR) is 94.2 cm³/mol. The van der Waals surface area contributed by atoms with Crippen molar-refractivity contribution in [3.8, 4) is 17.2 Å². The number of rotatable bonds is 1. The number of anilines is 1. The second-order valence-corrected chi connectivity index (χ2v) is 6.19. The molecule has 1 atom stereocenters. The maximum atomic E-state index is 12.6. The van der Waals surface area contributed by atoms with Gasteiger partial charge < -0.3 is 14.8 Å². The lowest BCUT2D eigenvalue weighted by atomic mass is 9.92. The highest BCUT2D eigenvalue weighted by molar-refractivity contribution is 5.98. The number of carbonyl (C=O) groups is 1. The van der Waals surface area contributed by atoms with Crippen LogP contribution < -0.4 is 14.8 Å². The van der Waals surface area contributed by atoms with Gasteiger partial charge in [-0.2, -0.15) is 0 Å². The maximum absolute atomic E-state index is 12.6. The van der Waals surface area contributed by atoms with Crippen LogP contribution in [0.15, 0.2) is 66.7 Å². The number of para-hydroxylation sites is 3. The molecule has 0 aromatic heterocycles. The van der Waals surface area contributed by atoms with Crippen molar-refractivity contribution in [2.45, 2.75) is 12.5 Å². The molecule has 5 rings (SSSR count).